The van der Waals surface area contributed by atoms with Crippen LogP contribution in [0.2, 0.25) is 0 Å². The fraction of sp³-hybridized carbons (Fsp3) is 0.231. The molecule has 2 aromatic rings. The number of aryl methyl sites for hydroxylation is 1. The number of rotatable bonds is 4. The van der Waals surface area contributed by atoms with Crippen LogP contribution in [0.15, 0.2) is 28.9 Å². The third-order valence-electron chi connectivity index (χ3n) is 2.60. The van der Waals surface area contributed by atoms with Gasteiger partial charge in [0.1, 0.15) is 11.5 Å². The Hall–Kier alpha value is -1.79. The zero-order valence-electron chi connectivity index (χ0n) is 11.2. The predicted octanol–water partition coefficient (Wildman–Crippen LogP) is 0.669. The summed E-state index contributed by atoms with van der Waals surface area (Å²) in [6.07, 6.45) is 2.70. The number of aromatic nitrogens is 2. The molecule has 110 valence electrons. The third-order valence-corrected chi connectivity index (χ3v) is 4.91. The first-order chi connectivity index (χ1) is 10.0. The summed E-state index contributed by atoms with van der Waals surface area (Å²) in [5.74, 6) is 5.07. The second-order valence-corrected chi connectivity index (χ2v) is 6.76. The molecule has 0 saturated heterocycles. The maximum absolute atomic E-state index is 12.2. The molecule has 0 aromatic carbocycles. The Morgan fingerprint density at radius 3 is 2.90 bits per heavy atom. The van der Waals surface area contributed by atoms with Gasteiger partial charge in [-0.05, 0) is 13.0 Å². The smallest absolute Gasteiger partial charge is 0.242 e. The second kappa shape index (κ2) is 6.78. The Labute approximate surface area is 126 Å². The first-order valence-corrected chi connectivity index (χ1v) is 8.32. The molecule has 2 rings (SSSR count). The van der Waals surface area contributed by atoms with Crippen molar-refractivity contribution in [3.05, 3.63) is 40.1 Å². The molecule has 0 fully saturated rings. The number of hydrogen-bond donors (Lipinski definition) is 2. The maximum atomic E-state index is 12.2. The van der Waals surface area contributed by atoms with Crippen molar-refractivity contribution < 1.29 is 13.5 Å². The number of nitrogens with zero attached hydrogens (tertiary/aromatic N) is 2. The molecule has 0 amide bonds. The molecule has 0 bridgehead atoms. The molecule has 0 radical (unpaired) electrons. The van der Waals surface area contributed by atoms with Gasteiger partial charge in [-0.3, -0.25) is 4.98 Å². The summed E-state index contributed by atoms with van der Waals surface area (Å²) in [7, 11) is -3.66. The van der Waals surface area contributed by atoms with E-state index in [1.165, 1.54) is 29.8 Å². The Bertz CT molecular complexity index is 788. The van der Waals surface area contributed by atoms with Gasteiger partial charge < -0.3 is 5.11 Å². The zero-order valence-corrected chi connectivity index (χ0v) is 12.8. The maximum Gasteiger partial charge on any atom is 0.242 e. The largest absolute Gasteiger partial charge is 0.384 e. The molecule has 2 aromatic heterocycles. The molecule has 0 aliphatic carbocycles. The van der Waals surface area contributed by atoms with E-state index in [1.807, 2.05) is 6.92 Å². The highest BCUT2D eigenvalue weighted by Gasteiger charge is 2.15. The Morgan fingerprint density at radius 2 is 2.24 bits per heavy atom. The molecule has 2 N–H and O–H groups in total. The topological polar surface area (TPSA) is 92.2 Å². The van der Waals surface area contributed by atoms with E-state index >= 15 is 0 Å². The van der Waals surface area contributed by atoms with Crippen LogP contribution in [-0.2, 0) is 16.6 Å². The first kappa shape index (κ1) is 15.6. The first-order valence-electron chi connectivity index (χ1n) is 5.96. The lowest BCUT2D eigenvalue weighted by Crippen LogP contribution is -2.23. The molecule has 8 heteroatoms. The highest BCUT2D eigenvalue weighted by molar-refractivity contribution is 7.89. The third kappa shape index (κ3) is 4.09. The van der Waals surface area contributed by atoms with E-state index in [0.717, 1.165) is 10.6 Å². The molecule has 0 unspecified atom stereocenters. The Balaban J connectivity index is 2.17. The van der Waals surface area contributed by atoms with Crippen LogP contribution in [0.25, 0.3) is 0 Å². The SMILES string of the molecule is Cc1ncsc1CNS(=O)(=O)c1cncc(C#CCO)c1. The van der Waals surface area contributed by atoms with Crippen LogP contribution in [-0.4, -0.2) is 30.1 Å². The lowest BCUT2D eigenvalue weighted by Gasteiger charge is -2.06. The van der Waals surface area contributed by atoms with Crippen molar-refractivity contribution in [3.63, 3.8) is 0 Å². The minimum absolute atomic E-state index is 0.0365. The van der Waals surface area contributed by atoms with Gasteiger partial charge in [0.2, 0.25) is 10.0 Å². The van der Waals surface area contributed by atoms with E-state index in [0.29, 0.717) is 5.56 Å². The van der Waals surface area contributed by atoms with Gasteiger partial charge in [-0.15, -0.1) is 11.3 Å². The highest BCUT2D eigenvalue weighted by atomic mass is 32.2. The summed E-state index contributed by atoms with van der Waals surface area (Å²) in [6.45, 7) is 1.72. The van der Waals surface area contributed by atoms with Gasteiger partial charge in [0.25, 0.3) is 0 Å². The average molecular weight is 323 g/mol. The highest BCUT2D eigenvalue weighted by Crippen LogP contribution is 2.14. The van der Waals surface area contributed by atoms with Crippen LogP contribution in [0, 0.1) is 18.8 Å². The summed E-state index contributed by atoms with van der Waals surface area (Å²) >= 11 is 1.40. The van der Waals surface area contributed by atoms with E-state index in [1.54, 1.807) is 5.51 Å². The van der Waals surface area contributed by atoms with Crippen LogP contribution < -0.4 is 4.72 Å². The fourth-order valence-corrected chi connectivity index (χ4v) is 3.31. The zero-order chi connectivity index (χ0) is 15.3. The van der Waals surface area contributed by atoms with Gasteiger partial charge in [-0.25, -0.2) is 18.1 Å². The van der Waals surface area contributed by atoms with Crippen LogP contribution >= 0.6 is 11.3 Å². The number of aliphatic hydroxyl groups excluding tert-OH is 1. The molecule has 21 heavy (non-hydrogen) atoms. The standard InChI is InChI=1S/C13H13N3O3S2/c1-10-13(20-9-15-10)8-16-21(18,19)12-5-11(3-2-4-17)6-14-7-12/h5-7,9,16-17H,4,8H2,1H3. The number of aliphatic hydroxyl groups is 1. The Kier molecular flexibility index (Phi) is 5.03. The number of sulfonamides is 1. The lowest BCUT2D eigenvalue weighted by atomic mass is 10.3. The normalized spacial score (nSPS) is 11.0. The van der Waals surface area contributed by atoms with E-state index in [-0.39, 0.29) is 18.0 Å². The average Bonchev–Trinajstić information content (AvgIpc) is 2.89. The van der Waals surface area contributed by atoms with Crippen molar-refractivity contribution >= 4 is 21.4 Å². The van der Waals surface area contributed by atoms with Crippen molar-refractivity contribution in [2.75, 3.05) is 6.61 Å². The van der Waals surface area contributed by atoms with Gasteiger partial charge in [0.05, 0.1) is 11.2 Å². The van der Waals surface area contributed by atoms with Gasteiger partial charge >= 0.3 is 0 Å². The van der Waals surface area contributed by atoms with E-state index in [9.17, 15) is 8.42 Å². The Morgan fingerprint density at radius 1 is 1.43 bits per heavy atom. The van der Waals surface area contributed by atoms with Crippen LogP contribution in [0.5, 0.6) is 0 Å². The molecule has 0 atom stereocenters. The van der Waals surface area contributed by atoms with E-state index < -0.39 is 10.0 Å². The predicted molar refractivity (Wildman–Crippen MR) is 79.1 cm³/mol. The summed E-state index contributed by atoms with van der Waals surface area (Å²) < 4.78 is 26.9. The minimum Gasteiger partial charge on any atom is -0.384 e. The van der Waals surface area contributed by atoms with Gasteiger partial charge in [-0.2, -0.15) is 0 Å². The molecular formula is C13H13N3O3S2. The van der Waals surface area contributed by atoms with Crippen LogP contribution in [0.1, 0.15) is 16.1 Å². The number of pyridine rings is 1. The van der Waals surface area contributed by atoms with Crippen molar-refractivity contribution in [2.45, 2.75) is 18.4 Å². The van der Waals surface area contributed by atoms with Gasteiger partial charge in [0, 0.05) is 29.4 Å². The fourth-order valence-electron chi connectivity index (χ4n) is 1.52. The lowest BCUT2D eigenvalue weighted by molar-refractivity contribution is 0.350. The summed E-state index contributed by atoms with van der Waals surface area (Å²) in [5.41, 5.74) is 2.91. The monoisotopic (exact) mass is 323 g/mol. The molecule has 0 aliphatic heterocycles. The summed E-state index contributed by atoms with van der Waals surface area (Å²) in [5, 5.41) is 8.64. The van der Waals surface area contributed by atoms with Crippen LogP contribution in [0.4, 0.5) is 0 Å². The van der Waals surface area contributed by atoms with Crippen molar-refractivity contribution in [3.8, 4) is 11.8 Å². The van der Waals surface area contributed by atoms with Crippen LogP contribution in [0.3, 0.4) is 0 Å². The second-order valence-electron chi connectivity index (χ2n) is 4.05. The molecule has 2 heterocycles. The molecule has 0 saturated carbocycles. The van der Waals surface area contributed by atoms with E-state index in [2.05, 4.69) is 26.5 Å². The quantitative estimate of drug-likeness (QED) is 0.807. The molecule has 6 nitrogen and oxygen atoms in total. The molecular weight excluding hydrogens is 310 g/mol. The number of hydrogen-bond acceptors (Lipinski definition) is 6. The van der Waals surface area contributed by atoms with Gasteiger partial charge in [0.15, 0.2) is 0 Å². The van der Waals surface area contributed by atoms with Crippen molar-refractivity contribution in [2.24, 2.45) is 0 Å². The number of nitrogens with one attached hydrogen (secondary N) is 1. The summed E-state index contributed by atoms with van der Waals surface area (Å²) in [4.78, 5) is 8.82. The van der Waals surface area contributed by atoms with E-state index in [4.69, 9.17) is 5.11 Å². The molecule has 0 aliphatic rings. The number of thiazole rings is 1. The molecule has 0 spiro atoms. The van der Waals surface area contributed by atoms with Gasteiger partial charge in [-0.1, -0.05) is 11.8 Å². The summed E-state index contributed by atoms with van der Waals surface area (Å²) in [6, 6.07) is 1.41. The van der Waals surface area contributed by atoms with Crippen molar-refractivity contribution in [1.82, 2.24) is 14.7 Å². The minimum atomic E-state index is -3.66. The van der Waals surface area contributed by atoms with Crippen molar-refractivity contribution in [1.29, 1.82) is 0 Å².